The molecule has 4 amide bonds. The Labute approximate surface area is 293 Å². The van der Waals surface area contributed by atoms with Gasteiger partial charge in [0.1, 0.15) is 5.60 Å². The van der Waals surface area contributed by atoms with E-state index in [2.05, 4.69) is 10.6 Å². The molecule has 0 aromatic carbocycles. The number of hydroxylamine groups is 2. The van der Waals surface area contributed by atoms with E-state index in [1.165, 1.54) is 0 Å². The molecule has 0 aromatic rings. The number of carbonyl (C=O) groups is 6. The zero-order valence-electron chi connectivity index (χ0n) is 29.6. The predicted molar refractivity (Wildman–Crippen MR) is 173 cm³/mol. The van der Waals surface area contributed by atoms with Crippen LogP contribution in [0.2, 0.25) is 0 Å². The third-order valence-corrected chi connectivity index (χ3v) is 6.09. The van der Waals surface area contributed by atoms with E-state index in [1.807, 2.05) is 20.8 Å². The van der Waals surface area contributed by atoms with Crippen molar-refractivity contribution in [2.45, 2.75) is 64.9 Å². The van der Waals surface area contributed by atoms with Gasteiger partial charge in [-0.1, -0.05) is 0 Å². The Morgan fingerprint density at radius 3 is 1.26 bits per heavy atom. The van der Waals surface area contributed by atoms with Crippen LogP contribution in [-0.4, -0.2) is 152 Å². The van der Waals surface area contributed by atoms with E-state index < -0.39 is 23.4 Å². The van der Waals surface area contributed by atoms with Crippen molar-refractivity contribution < 1.29 is 71.5 Å². The van der Waals surface area contributed by atoms with Crippen LogP contribution >= 0.6 is 0 Å². The molecule has 50 heavy (non-hydrogen) atoms. The van der Waals surface area contributed by atoms with Gasteiger partial charge in [0.2, 0.25) is 11.8 Å². The highest BCUT2D eigenvalue weighted by Gasteiger charge is 2.32. The number of carbonyl (C=O) groups excluding carboxylic acids is 6. The number of nitrogens with one attached hydrogen (secondary N) is 2. The van der Waals surface area contributed by atoms with E-state index in [1.54, 1.807) is 0 Å². The van der Waals surface area contributed by atoms with Crippen molar-refractivity contribution in [1.82, 2.24) is 15.7 Å². The number of nitrogens with zero attached hydrogens (tertiary/aromatic N) is 1. The number of ether oxygens (including phenoxy) is 8. The first-order valence-electron chi connectivity index (χ1n) is 16.8. The van der Waals surface area contributed by atoms with Crippen LogP contribution in [0.4, 0.5) is 0 Å². The minimum atomic E-state index is -0.727. The molecule has 1 aliphatic rings. The molecule has 1 aliphatic heterocycles. The predicted octanol–water partition coefficient (Wildman–Crippen LogP) is -0.156. The van der Waals surface area contributed by atoms with Gasteiger partial charge in [-0.3, -0.25) is 24.0 Å². The maximum absolute atomic E-state index is 11.9. The maximum atomic E-state index is 11.9. The van der Waals surface area contributed by atoms with Gasteiger partial charge in [-0.2, -0.15) is 0 Å². The second-order valence-electron chi connectivity index (χ2n) is 11.6. The minimum absolute atomic E-state index is 0.0399. The van der Waals surface area contributed by atoms with Crippen LogP contribution in [0.3, 0.4) is 0 Å². The molecule has 0 radical (unpaired) electrons. The summed E-state index contributed by atoms with van der Waals surface area (Å²) in [5.41, 5.74) is -0.510. The van der Waals surface area contributed by atoms with Crippen molar-refractivity contribution in [2.24, 2.45) is 0 Å². The summed E-state index contributed by atoms with van der Waals surface area (Å²) in [6.07, 6.45) is 0.558. The molecule has 0 spiro atoms. The van der Waals surface area contributed by atoms with Gasteiger partial charge in [-0.05, 0) is 20.8 Å². The summed E-state index contributed by atoms with van der Waals surface area (Å²) in [7, 11) is 0. The lowest BCUT2D eigenvalue weighted by Crippen LogP contribution is -2.32. The number of amides is 4. The Kier molecular flexibility index (Phi) is 25.5. The first-order valence-corrected chi connectivity index (χ1v) is 16.8. The monoisotopic (exact) mass is 721 g/mol. The standard InChI is InChI=1S/C32H55N3O15/c1-32(2,3)49-30(40)8-14-44-19-23-47-17-11-34-26(36)6-12-42-18-22-46-16-10-33-27(37)7-13-43-20-24-48-25-21-45-15-9-31(41)50-35-28(38)4-5-29(35)39/h4-25H2,1-3H3,(H,33,37)(H,34,36). The Morgan fingerprint density at radius 2 is 0.860 bits per heavy atom. The molecule has 0 bridgehead atoms. The third-order valence-electron chi connectivity index (χ3n) is 6.09. The number of rotatable bonds is 31. The minimum Gasteiger partial charge on any atom is -0.460 e. The van der Waals surface area contributed by atoms with Gasteiger partial charge in [0, 0.05) is 38.8 Å². The molecule has 18 nitrogen and oxygen atoms in total. The van der Waals surface area contributed by atoms with E-state index in [4.69, 9.17) is 42.7 Å². The highest BCUT2D eigenvalue weighted by molar-refractivity contribution is 6.01. The van der Waals surface area contributed by atoms with Gasteiger partial charge < -0.3 is 53.4 Å². The molecule has 0 atom stereocenters. The average Bonchev–Trinajstić information content (AvgIpc) is 3.36. The molecule has 0 unspecified atom stereocenters. The highest BCUT2D eigenvalue weighted by atomic mass is 16.7. The topological polar surface area (TPSA) is 213 Å². The molecule has 1 heterocycles. The van der Waals surface area contributed by atoms with Gasteiger partial charge in [-0.15, -0.1) is 5.06 Å². The summed E-state index contributed by atoms with van der Waals surface area (Å²) in [5.74, 6) is -2.42. The van der Waals surface area contributed by atoms with Crippen LogP contribution in [0, 0.1) is 0 Å². The zero-order chi connectivity index (χ0) is 36.9. The maximum Gasteiger partial charge on any atom is 0.335 e. The number of hydrogen-bond donors (Lipinski definition) is 2. The Morgan fingerprint density at radius 1 is 0.520 bits per heavy atom. The number of imide groups is 1. The van der Waals surface area contributed by atoms with Crippen LogP contribution in [-0.2, 0) is 71.5 Å². The van der Waals surface area contributed by atoms with E-state index in [9.17, 15) is 28.8 Å². The highest BCUT2D eigenvalue weighted by Crippen LogP contribution is 2.12. The molecule has 1 rings (SSSR count). The largest absolute Gasteiger partial charge is 0.460 e. The van der Waals surface area contributed by atoms with Crippen LogP contribution in [0.1, 0.15) is 59.3 Å². The molecule has 0 aliphatic carbocycles. The molecule has 1 saturated heterocycles. The van der Waals surface area contributed by atoms with Crippen molar-refractivity contribution >= 4 is 35.6 Å². The quantitative estimate of drug-likeness (QED) is 0.0541. The van der Waals surface area contributed by atoms with Gasteiger partial charge >= 0.3 is 11.9 Å². The van der Waals surface area contributed by atoms with Crippen LogP contribution < -0.4 is 10.6 Å². The van der Waals surface area contributed by atoms with Crippen molar-refractivity contribution in [2.75, 3.05) is 106 Å². The molecule has 0 saturated carbocycles. The number of esters is 1. The van der Waals surface area contributed by atoms with Crippen molar-refractivity contribution in [3.63, 3.8) is 0 Å². The van der Waals surface area contributed by atoms with Gasteiger partial charge in [0.25, 0.3) is 11.8 Å². The lowest BCUT2D eigenvalue weighted by atomic mass is 10.2. The zero-order valence-corrected chi connectivity index (χ0v) is 29.6. The smallest absolute Gasteiger partial charge is 0.335 e. The first kappa shape index (κ1) is 44.8. The summed E-state index contributed by atoms with van der Waals surface area (Å²) in [5, 5.41) is 5.96. The van der Waals surface area contributed by atoms with E-state index in [0.29, 0.717) is 71.0 Å². The summed E-state index contributed by atoms with van der Waals surface area (Å²) >= 11 is 0. The normalized spacial score (nSPS) is 13.1. The fourth-order valence-corrected chi connectivity index (χ4v) is 3.73. The Balaban J connectivity index is 1.77. The van der Waals surface area contributed by atoms with Crippen LogP contribution in [0.15, 0.2) is 0 Å². The van der Waals surface area contributed by atoms with E-state index in [0.717, 1.165) is 0 Å². The van der Waals surface area contributed by atoms with Crippen molar-refractivity contribution in [1.29, 1.82) is 0 Å². The Hall–Kier alpha value is -3.26. The van der Waals surface area contributed by atoms with Crippen molar-refractivity contribution in [3.05, 3.63) is 0 Å². The molecular formula is C32H55N3O15. The van der Waals surface area contributed by atoms with Crippen LogP contribution in [0.5, 0.6) is 0 Å². The van der Waals surface area contributed by atoms with E-state index >= 15 is 0 Å². The summed E-state index contributed by atoms with van der Waals surface area (Å²) in [6.45, 7) is 10.1. The average molecular weight is 722 g/mol. The second-order valence-corrected chi connectivity index (χ2v) is 11.6. The summed E-state index contributed by atoms with van der Waals surface area (Å²) < 4.78 is 42.6. The van der Waals surface area contributed by atoms with Gasteiger partial charge in [0.15, 0.2) is 0 Å². The lowest BCUT2D eigenvalue weighted by molar-refractivity contribution is -0.198. The first-order chi connectivity index (χ1) is 24.0. The second kappa shape index (κ2) is 28.4. The summed E-state index contributed by atoms with van der Waals surface area (Å²) in [4.78, 5) is 74.4. The SMILES string of the molecule is CC(C)(C)OC(=O)CCOCCOCCNC(=O)CCOCCOCCNC(=O)CCOCCOCCOCCC(=O)ON1C(=O)CCC1=O. The molecule has 2 N–H and O–H groups in total. The van der Waals surface area contributed by atoms with Gasteiger partial charge in [-0.25, -0.2) is 4.79 Å². The third kappa shape index (κ3) is 26.6. The van der Waals surface area contributed by atoms with Gasteiger partial charge in [0.05, 0.1) is 105 Å². The molecule has 1 fully saturated rings. The summed E-state index contributed by atoms with van der Waals surface area (Å²) in [6, 6.07) is 0. The fourth-order valence-electron chi connectivity index (χ4n) is 3.73. The van der Waals surface area contributed by atoms with E-state index in [-0.39, 0.29) is 95.9 Å². The number of hydrogen-bond acceptors (Lipinski definition) is 15. The molecular weight excluding hydrogens is 666 g/mol. The van der Waals surface area contributed by atoms with Crippen LogP contribution in [0.25, 0.3) is 0 Å². The molecule has 0 aromatic heterocycles. The Bertz CT molecular complexity index is 990. The van der Waals surface area contributed by atoms with Crippen molar-refractivity contribution in [3.8, 4) is 0 Å². The fraction of sp³-hybridized carbons (Fsp3) is 0.812. The molecule has 288 valence electrons. The molecule has 18 heteroatoms. The lowest BCUT2D eigenvalue weighted by Gasteiger charge is -2.19.